The Bertz CT molecular complexity index is 6510. The molecule has 0 aliphatic rings. The van der Waals surface area contributed by atoms with Gasteiger partial charge in [0.1, 0.15) is 22.3 Å². The summed E-state index contributed by atoms with van der Waals surface area (Å²) in [7, 11) is 0. The van der Waals surface area contributed by atoms with Crippen molar-refractivity contribution < 1.29 is 8.83 Å². The van der Waals surface area contributed by atoms with Gasteiger partial charge in [-0.05, 0) is 207 Å². The van der Waals surface area contributed by atoms with Crippen LogP contribution in [0.25, 0.3) is 154 Å². The van der Waals surface area contributed by atoms with E-state index in [2.05, 4.69) is 383 Å². The van der Waals surface area contributed by atoms with Gasteiger partial charge in [-0.25, -0.2) is 0 Å². The lowest BCUT2D eigenvalue weighted by Crippen LogP contribution is -2.09. The van der Waals surface area contributed by atoms with Gasteiger partial charge in [0.25, 0.3) is 0 Å². The Kier molecular flexibility index (Phi) is 13.8. The van der Waals surface area contributed by atoms with Crippen LogP contribution in [-0.4, -0.2) is 9.13 Å². The number of hydrogen-bond donors (Lipinski definition) is 0. The first-order valence-electron chi connectivity index (χ1n) is 34.8. The lowest BCUT2D eigenvalue weighted by atomic mass is 9.98. The van der Waals surface area contributed by atoms with Crippen molar-refractivity contribution in [2.75, 3.05) is 9.80 Å². The number of rotatable bonds is 13. The fourth-order valence-electron chi connectivity index (χ4n) is 15.6. The molecule has 102 heavy (non-hydrogen) atoms. The Balaban J connectivity index is 0.608. The molecule has 0 amide bonds. The third-order valence-corrected chi connectivity index (χ3v) is 20.5. The van der Waals surface area contributed by atoms with E-state index in [0.717, 1.165) is 139 Å². The van der Waals surface area contributed by atoms with E-state index < -0.39 is 0 Å². The van der Waals surface area contributed by atoms with E-state index in [1.807, 2.05) is 12.1 Å². The second-order valence-electron chi connectivity index (χ2n) is 26.4. The Morgan fingerprint density at radius 1 is 0.167 bits per heavy atom. The monoisotopic (exact) mass is 1300 g/mol. The highest BCUT2D eigenvalue weighted by atomic mass is 16.3. The van der Waals surface area contributed by atoms with Crippen LogP contribution in [0.5, 0.6) is 0 Å². The molecule has 0 saturated heterocycles. The van der Waals surface area contributed by atoms with Crippen molar-refractivity contribution in [1.82, 2.24) is 9.13 Å². The molecule has 0 N–H and O–H groups in total. The number of aromatic nitrogens is 2. The maximum Gasteiger partial charge on any atom is 0.137 e. The van der Waals surface area contributed by atoms with E-state index in [9.17, 15) is 0 Å². The standard InChI is InChI=1S/C96H62N4O2/c1-2-17-63(18-3-1)64-35-44-75(45-36-64)98(76-50-41-67(42-51-76)71-22-16-24-78(59-71)100-91-32-11-6-27-83(91)84-28-7-12-33-92(84)100)80-52-55-87-86-54-43-72(60-95(86)102-96(87)62-80)69-20-14-19-68(57-69)65-37-46-73(47-38-65)97(79-53-56-94-88(61-79)85-29-8-13-34-93(85)101-94)74-48-39-66(40-49-74)70-21-15-23-77(58-70)99-89-30-9-4-25-81(89)82-26-5-10-31-90(82)99/h1-62H. The molecule has 4 aromatic heterocycles. The summed E-state index contributed by atoms with van der Waals surface area (Å²) < 4.78 is 18.0. The molecule has 0 saturated carbocycles. The number of furan rings is 2. The minimum atomic E-state index is 0.821. The molecule has 0 aliphatic heterocycles. The third kappa shape index (κ3) is 10.0. The molecular formula is C96H62N4O2. The Hall–Kier alpha value is -13.7. The van der Waals surface area contributed by atoms with Crippen LogP contribution in [0.3, 0.4) is 0 Å². The molecular weight excluding hydrogens is 1240 g/mol. The normalized spacial score (nSPS) is 11.7. The fourth-order valence-corrected chi connectivity index (χ4v) is 15.6. The number of nitrogens with zero attached hydrogens (tertiary/aromatic N) is 4. The van der Waals surface area contributed by atoms with Gasteiger partial charge < -0.3 is 27.8 Å². The molecule has 6 nitrogen and oxygen atoms in total. The lowest BCUT2D eigenvalue weighted by molar-refractivity contribution is 0.668. The molecule has 0 spiro atoms. The van der Waals surface area contributed by atoms with Crippen molar-refractivity contribution in [1.29, 1.82) is 0 Å². The molecule has 20 aromatic rings. The van der Waals surface area contributed by atoms with Crippen molar-refractivity contribution in [3.8, 4) is 67.0 Å². The molecule has 478 valence electrons. The van der Waals surface area contributed by atoms with E-state index in [1.54, 1.807) is 0 Å². The van der Waals surface area contributed by atoms with Gasteiger partial charge >= 0.3 is 0 Å². The first kappa shape index (κ1) is 58.5. The van der Waals surface area contributed by atoms with Crippen LogP contribution in [0.1, 0.15) is 0 Å². The van der Waals surface area contributed by atoms with E-state index in [4.69, 9.17) is 8.83 Å². The summed E-state index contributed by atoms with van der Waals surface area (Å²) in [6, 6.07) is 136. The van der Waals surface area contributed by atoms with E-state index in [0.29, 0.717) is 0 Å². The summed E-state index contributed by atoms with van der Waals surface area (Å²) >= 11 is 0. The maximum atomic E-state index is 6.92. The quantitative estimate of drug-likeness (QED) is 0.115. The molecule has 6 heteroatoms. The minimum absolute atomic E-state index is 0.821. The number of para-hydroxylation sites is 5. The van der Waals surface area contributed by atoms with Gasteiger partial charge in [0.05, 0.1) is 22.1 Å². The van der Waals surface area contributed by atoms with Gasteiger partial charge in [0.2, 0.25) is 0 Å². The Labute approximate surface area is 588 Å². The lowest BCUT2D eigenvalue weighted by Gasteiger charge is -2.26. The van der Waals surface area contributed by atoms with Gasteiger partial charge in [-0.2, -0.15) is 0 Å². The number of hydrogen-bond acceptors (Lipinski definition) is 4. The van der Waals surface area contributed by atoms with Crippen molar-refractivity contribution in [3.63, 3.8) is 0 Å². The van der Waals surface area contributed by atoms with Crippen molar-refractivity contribution in [3.05, 3.63) is 376 Å². The highest BCUT2D eigenvalue weighted by Gasteiger charge is 2.21. The van der Waals surface area contributed by atoms with Gasteiger partial charge in [-0.15, -0.1) is 0 Å². The molecule has 0 fully saturated rings. The van der Waals surface area contributed by atoms with Crippen LogP contribution in [-0.2, 0) is 0 Å². The van der Waals surface area contributed by atoms with Crippen LogP contribution < -0.4 is 9.80 Å². The van der Waals surface area contributed by atoms with Crippen LogP contribution in [0.2, 0.25) is 0 Å². The topological polar surface area (TPSA) is 42.6 Å². The molecule has 0 radical (unpaired) electrons. The van der Waals surface area contributed by atoms with Crippen molar-refractivity contribution in [2.24, 2.45) is 0 Å². The molecule has 0 aliphatic carbocycles. The summed E-state index contributed by atoms with van der Waals surface area (Å²) in [4.78, 5) is 4.67. The summed E-state index contributed by atoms with van der Waals surface area (Å²) in [5.74, 6) is 0. The van der Waals surface area contributed by atoms with Gasteiger partial charge in [0.15, 0.2) is 0 Å². The Morgan fingerprint density at radius 2 is 0.471 bits per heavy atom. The molecule has 16 aromatic carbocycles. The van der Waals surface area contributed by atoms with Crippen molar-refractivity contribution >= 4 is 122 Å². The first-order valence-corrected chi connectivity index (χ1v) is 34.8. The summed E-state index contributed by atoms with van der Waals surface area (Å²) in [6.07, 6.45) is 0. The molecule has 0 bridgehead atoms. The predicted molar refractivity (Wildman–Crippen MR) is 426 cm³/mol. The van der Waals surface area contributed by atoms with Crippen LogP contribution in [0.15, 0.2) is 385 Å². The maximum absolute atomic E-state index is 6.92. The summed E-state index contributed by atoms with van der Waals surface area (Å²) in [6.45, 7) is 0. The number of anilines is 6. The SMILES string of the molecule is c1ccc(-c2ccc(N(c3ccc(-c4cccc(-n5c6ccccc6c6ccccc65)c4)cc3)c3ccc4c(c3)oc3cc(-c5cccc(-c6ccc(N(c7ccc(-c8cccc(-n9c%10ccccc%10c%10ccccc%109)c8)cc7)c7ccc8oc9ccccc9c8c7)cc6)c5)ccc34)cc2)cc1. The molecule has 0 atom stereocenters. The summed E-state index contributed by atoms with van der Waals surface area (Å²) in [5.41, 5.74) is 28.0. The van der Waals surface area contributed by atoms with Gasteiger partial charge in [-0.3, -0.25) is 0 Å². The van der Waals surface area contributed by atoms with Crippen LogP contribution in [0, 0.1) is 0 Å². The second-order valence-corrected chi connectivity index (χ2v) is 26.4. The van der Waals surface area contributed by atoms with Crippen molar-refractivity contribution in [2.45, 2.75) is 0 Å². The largest absolute Gasteiger partial charge is 0.456 e. The third-order valence-electron chi connectivity index (χ3n) is 20.5. The zero-order valence-electron chi connectivity index (χ0n) is 55.4. The molecule has 4 heterocycles. The van der Waals surface area contributed by atoms with Crippen LogP contribution in [0.4, 0.5) is 34.1 Å². The smallest absolute Gasteiger partial charge is 0.137 e. The zero-order valence-corrected chi connectivity index (χ0v) is 55.4. The predicted octanol–water partition coefficient (Wildman–Crippen LogP) is 27.0. The highest BCUT2D eigenvalue weighted by Crippen LogP contribution is 2.45. The van der Waals surface area contributed by atoms with Gasteiger partial charge in [0, 0.05) is 94.7 Å². The van der Waals surface area contributed by atoms with E-state index in [1.165, 1.54) is 49.2 Å². The number of benzene rings is 16. The zero-order chi connectivity index (χ0) is 67.2. The Morgan fingerprint density at radius 3 is 0.971 bits per heavy atom. The van der Waals surface area contributed by atoms with Gasteiger partial charge in [-0.1, -0.05) is 218 Å². The molecule has 20 rings (SSSR count). The van der Waals surface area contributed by atoms with E-state index >= 15 is 0 Å². The number of fused-ring (bicyclic) bond motifs is 12. The second kappa shape index (κ2) is 24.1. The highest BCUT2D eigenvalue weighted by molar-refractivity contribution is 6.12. The fraction of sp³-hybridized carbons (Fsp3) is 0. The van der Waals surface area contributed by atoms with E-state index in [-0.39, 0.29) is 0 Å². The van der Waals surface area contributed by atoms with Crippen LogP contribution >= 0.6 is 0 Å². The summed E-state index contributed by atoms with van der Waals surface area (Å²) in [5, 5.41) is 9.30. The minimum Gasteiger partial charge on any atom is -0.456 e. The first-order chi connectivity index (χ1) is 50.5. The average Bonchev–Trinajstić information content (AvgIpc) is 1.59. The molecule has 0 unspecified atom stereocenters. The average molecular weight is 1300 g/mol.